The molecule has 4 heteroatoms. The van der Waals surface area contributed by atoms with Gasteiger partial charge in [0.15, 0.2) is 0 Å². The summed E-state index contributed by atoms with van der Waals surface area (Å²) >= 11 is 0. The summed E-state index contributed by atoms with van der Waals surface area (Å²) in [6, 6.07) is 0.717. The maximum absolute atomic E-state index is 11.0. The van der Waals surface area contributed by atoms with E-state index in [0.717, 1.165) is 12.8 Å². The summed E-state index contributed by atoms with van der Waals surface area (Å²) in [4.78, 5) is 13.1. The van der Waals surface area contributed by atoms with Crippen molar-refractivity contribution in [3.8, 4) is 0 Å². The highest BCUT2D eigenvalue weighted by molar-refractivity contribution is 5.73. The minimum absolute atomic E-state index is 0.381. The molecule has 80 valence electrons. The molecule has 0 saturated heterocycles. The Hall–Kier alpha value is -0.610. The molecule has 2 aliphatic rings. The van der Waals surface area contributed by atoms with Gasteiger partial charge in [0, 0.05) is 18.6 Å². The van der Waals surface area contributed by atoms with Crippen LogP contribution in [0, 0.1) is 0 Å². The smallest absolute Gasteiger partial charge is 0.322 e. The molecule has 0 bridgehead atoms. The Morgan fingerprint density at radius 2 is 2.14 bits per heavy atom. The minimum atomic E-state index is -0.718. The van der Waals surface area contributed by atoms with Gasteiger partial charge in [0.1, 0.15) is 6.04 Å². The Bertz CT molecular complexity index is 224. The Balaban J connectivity index is 1.78. The van der Waals surface area contributed by atoms with Crippen LogP contribution in [-0.2, 0) is 4.79 Å². The molecule has 0 aromatic rings. The van der Waals surface area contributed by atoms with Crippen molar-refractivity contribution in [1.29, 1.82) is 0 Å². The quantitative estimate of drug-likeness (QED) is 0.644. The summed E-state index contributed by atoms with van der Waals surface area (Å²) in [7, 11) is 2.02. The number of carbonyl (C=O) groups is 1. The fourth-order valence-corrected chi connectivity index (χ4v) is 1.69. The van der Waals surface area contributed by atoms with Gasteiger partial charge in [-0.1, -0.05) is 0 Å². The molecule has 1 atom stereocenters. The first-order valence-electron chi connectivity index (χ1n) is 5.36. The number of nitrogens with zero attached hydrogens (tertiary/aromatic N) is 1. The molecule has 0 aliphatic heterocycles. The highest BCUT2D eigenvalue weighted by Crippen LogP contribution is 2.26. The number of hydrogen-bond donors (Lipinski definition) is 2. The highest BCUT2D eigenvalue weighted by atomic mass is 16.4. The van der Waals surface area contributed by atoms with Crippen LogP contribution in [0.3, 0.4) is 0 Å². The Morgan fingerprint density at radius 1 is 1.50 bits per heavy atom. The van der Waals surface area contributed by atoms with E-state index in [0.29, 0.717) is 18.6 Å². The number of hydrogen-bond acceptors (Lipinski definition) is 3. The van der Waals surface area contributed by atoms with Crippen LogP contribution in [0.4, 0.5) is 0 Å². The molecule has 2 rings (SSSR count). The van der Waals surface area contributed by atoms with Gasteiger partial charge in [-0.15, -0.1) is 0 Å². The molecule has 2 fully saturated rings. The predicted octanol–water partition coefficient (Wildman–Crippen LogP) is 0.286. The summed E-state index contributed by atoms with van der Waals surface area (Å²) in [6.45, 7) is 0.635. The lowest BCUT2D eigenvalue weighted by atomic mass is 10.2. The topological polar surface area (TPSA) is 52.6 Å². The first-order valence-corrected chi connectivity index (χ1v) is 5.36. The van der Waals surface area contributed by atoms with Crippen LogP contribution in [0.15, 0.2) is 0 Å². The fraction of sp³-hybridized carbons (Fsp3) is 0.900. The van der Waals surface area contributed by atoms with Crippen molar-refractivity contribution in [2.45, 2.75) is 43.8 Å². The molecular formula is C10H18N2O2. The van der Waals surface area contributed by atoms with Gasteiger partial charge < -0.3 is 15.3 Å². The van der Waals surface area contributed by atoms with Crippen molar-refractivity contribution in [3.05, 3.63) is 0 Å². The van der Waals surface area contributed by atoms with E-state index in [9.17, 15) is 4.79 Å². The summed E-state index contributed by atoms with van der Waals surface area (Å²) in [5.74, 6) is -0.718. The van der Waals surface area contributed by atoms with E-state index in [2.05, 4.69) is 10.2 Å². The predicted molar refractivity (Wildman–Crippen MR) is 53.2 cm³/mol. The summed E-state index contributed by atoms with van der Waals surface area (Å²) in [5.41, 5.74) is 0. The first-order chi connectivity index (χ1) is 6.66. The number of aliphatic carboxylic acids is 1. The van der Waals surface area contributed by atoms with Crippen LogP contribution < -0.4 is 5.32 Å². The summed E-state index contributed by atoms with van der Waals surface area (Å²) in [5, 5.41) is 12.2. The maximum atomic E-state index is 11.0. The van der Waals surface area contributed by atoms with E-state index in [1.165, 1.54) is 12.8 Å². The van der Waals surface area contributed by atoms with E-state index in [-0.39, 0.29) is 6.04 Å². The van der Waals surface area contributed by atoms with Gasteiger partial charge in [-0.3, -0.25) is 4.79 Å². The van der Waals surface area contributed by atoms with Crippen LogP contribution in [0.25, 0.3) is 0 Å². The second-order valence-electron chi connectivity index (χ2n) is 4.50. The fourth-order valence-electron chi connectivity index (χ4n) is 1.69. The van der Waals surface area contributed by atoms with Gasteiger partial charge in [0.05, 0.1) is 0 Å². The molecule has 2 N–H and O–H groups in total. The van der Waals surface area contributed by atoms with Gasteiger partial charge in [-0.25, -0.2) is 0 Å². The zero-order valence-electron chi connectivity index (χ0n) is 8.57. The molecular weight excluding hydrogens is 180 g/mol. The van der Waals surface area contributed by atoms with E-state index in [4.69, 9.17) is 5.11 Å². The maximum Gasteiger partial charge on any atom is 0.322 e. The second kappa shape index (κ2) is 3.87. The molecule has 2 saturated carbocycles. The lowest BCUT2D eigenvalue weighted by Gasteiger charge is -2.21. The van der Waals surface area contributed by atoms with E-state index in [1.54, 1.807) is 0 Å². The second-order valence-corrected chi connectivity index (χ2v) is 4.50. The molecule has 0 heterocycles. The number of carboxylic acids is 1. The minimum Gasteiger partial charge on any atom is -0.480 e. The molecule has 4 nitrogen and oxygen atoms in total. The van der Waals surface area contributed by atoms with Gasteiger partial charge in [-0.2, -0.15) is 0 Å². The van der Waals surface area contributed by atoms with E-state index >= 15 is 0 Å². The highest BCUT2D eigenvalue weighted by Gasteiger charge is 2.32. The Labute approximate surface area is 84.3 Å². The Morgan fingerprint density at radius 3 is 2.57 bits per heavy atom. The van der Waals surface area contributed by atoms with Crippen LogP contribution in [0.1, 0.15) is 25.7 Å². The van der Waals surface area contributed by atoms with Crippen LogP contribution >= 0.6 is 0 Å². The van der Waals surface area contributed by atoms with Gasteiger partial charge in [-0.05, 0) is 32.7 Å². The molecule has 0 radical (unpaired) electrons. The van der Waals surface area contributed by atoms with Crippen LogP contribution in [0.5, 0.6) is 0 Å². The van der Waals surface area contributed by atoms with Gasteiger partial charge in [0.2, 0.25) is 0 Å². The lowest BCUT2D eigenvalue weighted by molar-refractivity contribution is -0.140. The molecule has 0 aromatic heterocycles. The Kier molecular flexibility index (Phi) is 2.74. The zero-order chi connectivity index (χ0) is 10.1. The normalized spacial score (nSPS) is 23.9. The third kappa shape index (κ3) is 2.69. The third-order valence-electron chi connectivity index (χ3n) is 2.95. The van der Waals surface area contributed by atoms with Crippen LogP contribution in [-0.4, -0.2) is 47.7 Å². The first kappa shape index (κ1) is 9.93. The molecule has 0 amide bonds. The number of likely N-dealkylation sites (N-methyl/N-ethyl adjacent to an activating group) is 1. The molecule has 2 aliphatic carbocycles. The van der Waals surface area contributed by atoms with Gasteiger partial charge in [0.25, 0.3) is 0 Å². The molecule has 1 unspecified atom stereocenters. The van der Waals surface area contributed by atoms with Crippen molar-refractivity contribution >= 4 is 5.97 Å². The lowest BCUT2D eigenvalue weighted by Crippen LogP contribution is -2.46. The zero-order valence-corrected chi connectivity index (χ0v) is 8.57. The monoisotopic (exact) mass is 198 g/mol. The van der Waals surface area contributed by atoms with Crippen molar-refractivity contribution < 1.29 is 9.90 Å². The molecule has 0 spiro atoms. The van der Waals surface area contributed by atoms with Crippen molar-refractivity contribution in [1.82, 2.24) is 10.2 Å². The third-order valence-corrected chi connectivity index (χ3v) is 2.95. The SMILES string of the molecule is CN(CC(NC1CC1)C(=O)O)C1CC1. The van der Waals surface area contributed by atoms with Crippen molar-refractivity contribution in [3.63, 3.8) is 0 Å². The van der Waals surface area contributed by atoms with Crippen molar-refractivity contribution in [2.24, 2.45) is 0 Å². The average Bonchev–Trinajstić information content (AvgIpc) is 2.98. The molecule has 0 aromatic carbocycles. The standard InChI is InChI=1S/C10H18N2O2/c1-12(8-4-5-8)6-9(10(13)14)11-7-2-3-7/h7-9,11H,2-6H2,1H3,(H,13,14). The average molecular weight is 198 g/mol. The van der Waals surface area contributed by atoms with E-state index < -0.39 is 5.97 Å². The summed E-state index contributed by atoms with van der Waals surface area (Å²) < 4.78 is 0. The molecule has 14 heavy (non-hydrogen) atoms. The van der Waals surface area contributed by atoms with Crippen LogP contribution in [0.2, 0.25) is 0 Å². The van der Waals surface area contributed by atoms with E-state index in [1.807, 2.05) is 7.05 Å². The van der Waals surface area contributed by atoms with Gasteiger partial charge >= 0.3 is 5.97 Å². The number of carboxylic acid groups (broad SMARTS) is 1. The number of nitrogens with one attached hydrogen (secondary N) is 1. The number of rotatable bonds is 6. The largest absolute Gasteiger partial charge is 0.480 e. The van der Waals surface area contributed by atoms with Crippen molar-refractivity contribution in [2.75, 3.05) is 13.6 Å². The summed E-state index contributed by atoms with van der Waals surface area (Å²) in [6.07, 6.45) is 4.73.